The van der Waals surface area contributed by atoms with Crippen LogP contribution in [0.5, 0.6) is 0 Å². The van der Waals surface area contributed by atoms with Gasteiger partial charge in [0.05, 0.1) is 17.3 Å². The fourth-order valence-corrected chi connectivity index (χ4v) is 4.30. The van der Waals surface area contributed by atoms with E-state index in [4.69, 9.17) is 9.26 Å². The zero-order valence-electron chi connectivity index (χ0n) is 18.0. The molecule has 1 aliphatic rings. The van der Waals surface area contributed by atoms with E-state index < -0.39 is 54.3 Å². The van der Waals surface area contributed by atoms with Crippen molar-refractivity contribution in [3.63, 3.8) is 0 Å². The molecule has 2 rings (SSSR count). The number of pyridine rings is 1. The standard InChI is InChI=1S/C20H29FNO8P/c1-6-8-12-15(11(21)9-14(23)22-12)18-17(25)16(24)13(29-18)10-20(5,7-2)30-31(27,28)19(3,4)26/h9,13,16-18,24-26H,7,10H2,1-5H3,(H,22,23)(H,27,28)/t13-,16?,17+,18+,20?/m1/s1. The summed E-state index contributed by atoms with van der Waals surface area (Å²) in [6.07, 6.45) is -5.41. The Morgan fingerprint density at radius 3 is 2.45 bits per heavy atom. The van der Waals surface area contributed by atoms with Gasteiger partial charge in [-0.05, 0) is 40.0 Å². The maximum absolute atomic E-state index is 14.6. The van der Waals surface area contributed by atoms with Gasteiger partial charge in [-0.2, -0.15) is 0 Å². The molecule has 1 aliphatic heterocycles. The predicted octanol–water partition coefficient (Wildman–Crippen LogP) is 1.54. The summed E-state index contributed by atoms with van der Waals surface area (Å²) in [5.74, 6) is 4.14. The second-order valence-corrected chi connectivity index (χ2v) is 10.7. The van der Waals surface area contributed by atoms with E-state index in [1.54, 1.807) is 6.92 Å². The van der Waals surface area contributed by atoms with Crippen LogP contribution in [-0.4, -0.2) is 54.5 Å². The molecule has 0 spiro atoms. The Morgan fingerprint density at radius 1 is 1.32 bits per heavy atom. The van der Waals surface area contributed by atoms with Crippen molar-refractivity contribution < 1.29 is 38.4 Å². The lowest BCUT2D eigenvalue weighted by atomic mass is 9.92. The highest BCUT2D eigenvalue weighted by molar-refractivity contribution is 7.54. The van der Waals surface area contributed by atoms with Crippen molar-refractivity contribution in [2.24, 2.45) is 0 Å². The number of hydrogen-bond acceptors (Lipinski definition) is 7. The lowest BCUT2D eigenvalue weighted by Crippen LogP contribution is -2.39. The Morgan fingerprint density at radius 2 is 1.94 bits per heavy atom. The van der Waals surface area contributed by atoms with E-state index >= 15 is 0 Å². The number of halogens is 1. The Balaban J connectivity index is 2.36. The second kappa shape index (κ2) is 9.12. The highest BCUT2D eigenvalue weighted by Gasteiger charge is 2.50. The van der Waals surface area contributed by atoms with Gasteiger partial charge >= 0.3 is 7.60 Å². The molecule has 0 radical (unpaired) electrons. The molecule has 2 heterocycles. The largest absolute Gasteiger partial charge is 0.388 e. The number of rotatable bonds is 7. The summed E-state index contributed by atoms with van der Waals surface area (Å²) >= 11 is 0. The van der Waals surface area contributed by atoms with Crippen molar-refractivity contribution in [1.82, 2.24) is 4.98 Å². The van der Waals surface area contributed by atoms with E-state index in [2.05, 4.69) is 16.8 Å². The number of aromatic nitrogens is 1. The summed E-state index contributed by atoms with van der Waals surface area (Å²) in [6.45, 7) is 6.94. The molecule has 11 heteroatoms. The first-order valence-corrected chi connectivity index (χ1v) is 11.4. The first-order valence-electron chi connectivity index (χ1n) is 9.79. The first-order chi connectivity index (χ1) is 14.2. The van der Waals surface area contributed by atoms with Crippen LogP contribution in [0.3, 0.4) is 0 Å². The zero-order valence-corrected chi connectivity index (χ0v) is 18.9. The van der Waals surface area contributed by atoms with E-state index in [0.29, 0.717) is 6.07 Å². The van der Waals surface area contributed by atoms with Gasteiger partial charge < -0.3 is 34.5 Å². The molecule has 9 nitrogen and oxygen atoms in total. The van der Waals surface area contributed by atoms with E-state index in [-0.39, 0.29) is 24.1 Å². The number of nitrogens with one attached hydrogen (secondary N) is 1. The number of aliphatic hydroxyl groups excluding tert-OH is 2. The van der Waals surface area contributed by atoms with Gasteiger partial charge in [-0.15, -0.1) is 0 Å². The third-order valence-electron chi connectivity index (χ3n) is 5.35. The molecule has 3 unspecified atom stereocenters. The minimum absolute atomic E-state index is 0.0826. The number of aliphatic hydroxyl groups is 3. The minimum atomic E-state index is -4.47. The van der Waals surface area contributed by atoms with Crippen molar-refractivity contribution in [1.29, 1.82) is 0 Å². The van der Waals surface area contributed by atoms with Crippen molar-refractivity contribution >= 4 is 7.60 Å². The van der Waals surface area contributed by atoms with Crippen LogP contribution in [-0.2, 0) is 13.8 Å². The highest BCUT2D eigenvalue weighted by atomic mass is 31.2. The average molecular weight is 461 g/mol. The molecule has 0 bridgehead atoms. The molecule has 5 N–H and O–H groups in total. The van der Waals surface area contributed by atoms with Crippen molar-refractivity contribution in [3.05, 3.63) is 33.5 Å². The monoisotopic (exact) mass is 461 g/mol. The minimum Gasteiger partial charge on any atom is -0.388 e. The van der Waals surface area contributed by atoms with Gasteiger partial charge in [0.25, 0.3) is 5.56 Å². The van der Waals surface area contributed by atoms with E-state index in [1.165, 1.54) is 13.8 Å². The van der Waals surface area contributed by atoms with E-state index in [9.17, 15) is 34.0 Å². The smallest absolute Gasteiger partial charge is 0.359 e. The van der Waals surface area contributed by atoms with E-state index in [1.807, 2.05) is 0 Å². The van der Waals surface area contributed by atoms with Gasteiger partial charge in [0, 0.05) is 12.5 Å². The molecule has 1 fully saturated rings. The van der Waals surface area contributed by atoms with Crippen molar-refractivity contribution in [2.45, 2.75) is 82.8 Å². The number of ether oxygens (including phenoxy) is 1. The molecule has 1 aromatic rings. The second-order valence-electron chi connectivity index (χ2n) is 8.34. The molecule has 31 heavy (non-hydrogen) atoms. The summed E-state index contributed by atoms with van der Waals surface area (Å²) in [6, 6.07) is 0.691. The van der Waals surface area contributed by atoms with Gasteiger partial charge in [-0.1, -0.05) is 12.8 Å². The number of hydrogen-bond donors (Lipinski definition) is 5. The Kier molecular flexibility index (Phi) is 7.56. The topological polar surface area (TPSA) is 149 Å². The van der Waals surface area contributed by atoms with Gasteiger partial charge in [-0.3, -0.25) is 9.36 Å². The van der Waals surface area contributed by atoms with Gasteiger partial charge in [-0.25, -0.2) is 4.39 Å². The first kappa shape index (κ1) is 25.7. The summed E-state index contributed by atoms with van der Waals surface area (Å²) in [4.78, 5) is 24.1. The average Bonchev–Trinajstić information content (AvgIpc) is 2.88. The molecule has 0 amide bonds. The number of aromatic amines is 1. The van der Waals surface area contributed by atoms with Gasteiger partial charge in [0.1, 0.15) is 29.8 Å². The molecular formula is C20H29FNO8P. The lowest BCUT2D eigenvalue weighted by Gasteiger charge is -2.36. The summed E-state index contributed by atoms with van der Waals surface area (Å²) < 4.78 is 38.1. The van der Waals surface area contributed by atoms with Crippen LogP contribution in [0.4, 0.5) is 4.39 Å². The fourth-order valence-electron chi connectivity index (χ4n) is 3.28. The van der Waals surface area contributed by atoms with E-state index in [0.717, 1.165) is 13.8 Å². The normalized spacial score (nSPS) is 27.8. The zero-order chi connectivity index (χ0) is 23.8. The molecule has 6 atom stereocenters. The molecule has 0 aromatic carbocycles. The fraction of sp³-hybridized carbons (Fsp3) is 0.650. The summed E-state index contributed by atoms with van der Waals surface area (Å²) in [5.41, 5.74) is -2.33. The van der Waals surface area contributed by atoms with Crippen molar-refractivity contribution in [2.75, 3.05) is 0 Å². The Bertz CT molecular complexity index is 978. The number of H-pyrrole nitrogens is 1. The molecule has 1 aromatic heterocycles. The molecule has 0 saturated carbocycles. The molecule has 174 valence electrons. The Labute approximate surface area is 179 Å². The maximum atomic E-state index is 14.6. The molecular weight excluding hydrogens is 432 g/mol. The summed E-state index contributed by atoms with van der Waals surface area (Å²) in [7, 11) is -4.47. The van der Waals surface area contributed by atoms with Crippen LogP contribution in [0.25, 0.3) is 0 Å². The van der Waals surface area contributed by atoms with Crippen LogP contribution >= 0.6 is 7.60 Å². The lowest BCUT2D eigenvalue weighted by molar-refractivity contribution is -0.0526. The van der Waals surface area contributed by atoms with Gasteiger partial charge in [0.2, 0.25) is 0 Å². The highest BCUT2D eigenvalue weighted by Crippen LogP contribution is 2.57. The maximum Gasteiger partial charge on any atom is 0.359 e. The predicted molar refractivity (Wildman–Crippen MR) is 110 cm³/mol. The Hall–Kier alpha value is -1.57. The SMILES string of the molecule is CC#Cc1[nH]c(=O)cc(F)c1[C@@H]1O[C@H](CC(C)(CC)OP(=O)(O)C(C)(C)O)C(O)[C@@H]1O. The van der Waals surface area contributed by atoms with Crippen LogP contribution < -0.4 is 5.56 Å². The summed E-state index contributed by atoms with van der Waals surface area (Å²) in [5, 5.41) is 29.0. The van der Waals surface area contributed by atoms with Crippen LogP contribution in [0.2, 0.25) is 0 Å². The van der Waals surface area contributed by atoms with Crippen molar-refractivity contribution in [3.8, 4) is 11.8 Å². The third-order valence-corrected chi connectivity index (χ3v) is 7.42. The third kappa shape index (κ3) is 5.44. The quantitative estimate of drug-likeness (QED) is 0.303. The van der Waals surface area contributed by atoms with Crippen LogP contribution in [0.1, 0.15) is 64.8 Å². The van der Waals surface area contributed by atoms with Gasteiger partial charge in [0.15, 0.2) is 5.34 Å². The van der Waals surface area contributed by atoms with Crippen LogP contribution in [0, 0.1) is 17.7 Å². The van der Waals surface area contributed by atoms with Crippen LogP contribution in [0.15, 0.2) is 10.9 Å². The molecule has 1 saturated heterocycles. The molecule has 0 aliphatic carbocycles.